The highest BCUT2D eigenvalue weighted by Crippen LogP contribution is 2.39. The van der Waals surface area contributed by atoms with Crippen molar-refractivity contribution in [3.63, 3.8) is 0 Å². The molecule has 7 heteroatoms. The summed E-state index contributed by atoms with van der Waals surface area (Å²) >= 11 is 0. The minimum Gasteiger partial charge on any atom is -0.497 e. The molecule has 7 nitrogen and oxygen atoms in total. The number of imide groups is 1. The topological polar surface area (TPSA) is 77.1 Å². The van der Waals surface area contributed by atoms with Gasteiger partial charge in [0.2, 0.25) is 0 Å². The van der Waals surface area contributed by atoms with Gasteiger partial charge in [-0.15, -0.1) is 0 Å². The Balaban J connectivity index is 1.88. The van der Waals surface area contributed by atoms with E-state index in [2.05, 4.69) is 5.32 Å². The summed E-state index contributed by atoms with van der Waals surface area (Å²) in [6.07, 6.45) is 0. The van der Waals surface area contributed by atoms with E-state index in [4.69, 9.17) is 14.2 Å². The molecular formula is C27H26N2O5. The molecule has 0 atom stereocenters. The number of carbonyl (C=O) groups is 2. The van der Waals surface area contributed by atoms with Crippen molar-refractivity contribution in [2.45, 2.75) is 13.8 Å². The highest BCUT2D eigenvalue weighted by Gasteiger charge is 2.41. The number of ether oxygens (including phenoxy) is 3. The average Bonchev–Trinajstić information content (AvgIpc) is 3.08. The molecule has 4 rings (SSSR count). The lowest BCUT2D eigenvalue weighted by atomic mass is 10.0. The molecule has 2 amide bonds. The minimum atomic E-state index is -0.483. The molecule has 1 heterocycles. The Hall–Kier alpha value is -4.26. The van der Waals surface area contributed by atoms with Gasteiger partial charge in [-0.1, -0.05) is 24.3 Å². The molecule has 3 aromatic carbocycles. The predicted molar refractivity (Wildman–Crippen MR) is 131 cm³/mol. The van der Waals surface area contributed by atoms with Gasteiger partial charge in [0.15, 0.2) is 0 Å². The van der Waals surface area contributed by atoms with Crippen LogP contribution in [0.25, 0.3) is 5.57 Å². The molecule has 174 valence electrons. The van der Waals surface area contributed by atoms with Crippen molar-refractivity contribution in [3.05, 3.63) is 83.1 Å². The Kier molecular flexibility index (Phi) is 6.27. The van der Waals surface area contributed by atoms with Crippen LogP contribution in [0.2, 0.25) is 0 Å². The molecule has 0 unspecified atom stereocenters. The van der Waals surface area contributed by atoms with Crippen LogP contribution in [0, 0.1) is 13.8 Å². The van der Waals surface area contributed by atoms with Gasteiger partial charge < -0.3 is 19.5 Å². The number of aryl methyl sites for hydroxylation is 2. The van der Waals surface area contributed by atoms with Crippen LogP contribution in [0.1, 0.15) is 16.7 Å². The fraction of sp³-hybridized carbons (Fsp3) is 0.185. The quantitative estimate of drug-likeness (QED) is 0.516. The van der Waals surface area contributed by atoms with Gasteiger partial charge in [0, 0.05) is 0 Å². The summed E-state index contributed by atoms with van der Waals surface area (Å²) in [5.41, 5.74) is 3.83. The molecule has 0 fully saturated rings. The number of nitrogens with zero attached hydrogens (tertiary/aromatic N) is 1. The minimum absolute atomic E-state index is 0.155. The van der Waals surface area contributed by atoms with Crippen molar-refractivity contribution < 1.29 is 23.8 Å². The molecule has 3 aromatic rings. The van der Waals surface area contributed by atoms with Crippen LogP contribution in [0.3, 0.4) is 0 Å². The maximum atomic E-state index is 13.8. The molecule has 1 N–H and O–H groups in total. The zero-order chi connectivity index (χ0) is 24.4. The number of rotatable bonds is 7. The standard InChI is InChI=1S/C27H26N2O5/c1-16-6-12-22(33-4)20(14-16)28-25-24(18-8-10-19(32-3)11-9-18)26(30)29(27(25)31)21-15-17(2)7-13-23(21)34-5/h6-15,28H,1-5H3. The fourth-order valence-corrected chi connectivity index (χ4v) is 3.92. The molecule has 0 bridgehead atoms. The summed E-state index contributed by atoms with van der Waals surface area (Å²) in [6.45, 7) is 3.83. The lowest BCUT2D eigenvalue weighted by molar-refractivity contribution is -0.120. The molecule has 0 radical (unpaired) electrons. The Bertz CT molecular complexity index is 1290. The first-order valence-corrected chi connectivity index (χ1v) is 10.7. The van der Waals surface area contributed by atoms with Gasteiger partial charge >= 0.3 is 0 Å². The predicted octanol–water partition coefficient (Wildman–Crippen LogP) is 4.73. The first-order chi connectivity index (χ1) is 16.4. The van der Waals surface area contributed by atoms with Gasteiger partial charge in [-0.2, -0.15) is 0 Å². The third kappa shape index (κ3) is 4.08. The lowest BCUT2D eigenvalue weighted by Gasteiger charge is -2.19. The molecule has 1 aliphatic rings. The van der Waals surface area contributed by atoms with Crippen molar-refractivity contribution in [2.24, 2.45) is 0 Å². The fourth-order valence-electron chi connectivity index (χ4n) is 3.92. The number of hydrogen-bond acceptors (Lipinski definition) is 6. The Morgan fingerprint density at radius 2 is 1.32 bits per heavy atom. The van der Waals surface area contributed by atoms with E-state index in [9.17, 15) is 9.59 Å². The summed E-state index contributed by atoms with van der Waals surface area (Å²) in [7, 11) is 4.63. The molecule has 1 aliphatic heterocycles. The highest BCUT2D eigenvalue weighted by molar-refractivity contribution is 6.46. The normalized spacial score (nSPS) is 13.4. The van der Waals surface area contributed by atoms with Crippen LogP contribution in [0.4, 0.5) is 11.4 Å². The summed E-state index contributed by atoms with van der Waals surface area (Å²) in [5.74, 6) is 0.694. The molecule has 0 spiro atoms. The van der Waals surface area contributed by atoms with Crippen LogP contribution >= 0.6 is 0 Å². The van der Waals surface area contributed by atoms with Gasteiger partial charge in [0.25, 0.3) is 11.8 Å². The molecule has 34 heavy (non-hydrogen) atoms. The molecular weight excluding hydrogens is 432 g/mol. The van der Waals surface area contributed by atoms with Gasteiger partial charge in [-0.25, -0.2) is 4.90 Å². The Morgan fingerprint density at radius 3 is 1.94 bits per heavy atom. The van der Waals surface area contributed by atoms with E-state index in [0.29, 0.717) is 34.2 Å². The van der Waals surface area contributed by atoms with E-state index < -0.39 is 11.8 Å². The summed E-state index contributed by atoms with van der Waals surface area (Å²) in [5, 5.41) is 3.18. The first kappa shape index (κ1) is 22.9. The number of methoxy groups -OCH3 is 3. The van der Waals surface area contributed by atoms with Gasteiger partial charge in [0.1, 0.15) is 22.9 Å². The second kappa shape index (κ2) is 9.31. The van der Waals surface area contributed by atoms with Gasteiger partial charge in [0.05, 0.1) is 38.3 Å². The van der Waals surface area contributed by atoms with E-state index in [1.54, 1.807) is 50.6 Å². The number of benzene rings is 3. The van der Waals surface area contributed by atoms with Gasteiger partial charge in [-0.05, 0) is 66.9 Å². The molecule has 0 saturated carbocycles. The van der Waals surface area contributed by atoms with E-state index in [0.717, 1.165) is 16.0 Å². The summed E-state index contributed by atoms with van der Waals surface area (Å²) in [4.78, 5) is 28.7. The number of hydrogen-bond donors (Lipinski definition) is 1. The van der Waals surface area contributed by atoms with Crippen LogP contribution in [-0.4, -0.2) is 33.1 Å². The number of carbonyl (C=O) groups excluding carboxylic acids is 2. The van der Waals surface area contributed by atoms with E-state index in [1.807, 2.05) is 38.1 Å². The molecule has 0 aliphatic carbocycles. The third-order valence-electron chi connectivity index (χ3n) is 5.65. The highest BCUT2D eigenvalue weighted by atomic mass is 16.5. The zero-order valence-corrected chi connectivity index (χ0v) is 19.8. The Morgan fingerprint density at radius 1 is 0.706 bits per heavy atom. The molecule has 0 saturated heterocycles. The third-order valence-corrected chi connectivity index (χ3v) is 5.65. The maximum absolute atomic E-state index is 13.8. The summed E-state index contributed by atoms with van der Waals surface area (Å²) < 4.78 is 16.2. The van der Waals surface area contributed by atoms with Crippen LogP contribution < -0.4 is 24.4 Å². The van der Waals surface area contributed by atoms with Crippen molar-refractivity contribution in [1.82, 2.24) is 0 Å². The van der Waals surface area contributed by atoms with Crippen LogP contribution in [-0.2, 0) is 9.59 Å². The van der Waals surface area contributed by atoms with E-state index in [-0.39, 0.29) is 11.3 Å². The van der Waals surface area contributed by atoms with Crippen molar-refractivity contribution >= 4 is 28.8 Å². The number of anilines is 2. The van der Waals surface area contributed by atoms with E-state index in [1.165, 1.54) is 7.11 Å². The largest absolute Gasteiger partial charge is 0.497 e. The number of nitrogens with one attached hydrogen (secondary N) is 1. The smallest absolute Gasteiger partial charge is 0.282 e. The summed E-state index contributed by atoms with van der Waals surface area (Å²) in [6, 6.07) is 18.0. The number of amides is 2. The van der Waals surface area contributed by atoms with E-state index >= 15 is 0 Å². The maximum Gasteiger partial charge on any atom is 0.282 e. The van der Waals surface area contributed by atoms with Crippen molar-refractivity contribution in [1.29, 1.82) is 0 Å². The van der Waals surface area contributed by atoms with Crippen molar-refractivity contribution in [3.8, 4) is 17.2 Å². The second-order valence-electron chi connectivity index (χ2n) is 7.93. The molecule has 0 aromatic heterocycles. The van der Waals surface area contributed by atoms with Gasteiger partial charge in [-0.3, -0.25) is 9.59 Å². The second-order valence-corrected chi connectivity index (χ2v) is 7.93. The SMILES string of the molecule is COc1ccc(C2=C(Nc3cc(C)ccc3OC)C(=O)N(c3cc(C)ccc3OC)C2=O)cc1. The lowest BCUT2D eigenvalue weighted by Crippen LogP contribution is -2.32. The monoisotopic (exact) mass is 458 g/mol. The zero-order valence-electron chi connectivity index (χ0n) is 19.8. The van der Waals surface area contributed by atoms with Crippen LogP contribution in [0.5, 0.6) is 17.2 Å². The van der Waals surface area contributed by atoms with Crippen LogP contribution in [0.15, 0.2) is 66.4 Å². The average molecular weight is 459 g/mol. The Labute approximate surface area is 198 Å². The van der Waals surface area contributed by atoms with Crippen molar-refractivity contribution in [2.75, 3.05) is 31.5 Å². The first-order valence-electron chi connectivity index (χ1n) is 10.7.